The molecule has 2 heterocycles. The summed E-state index contributed by atoms with van der Waals surface area (Å²) in [6.45, 7) is 0.978. The molecule has 212 valence electrons. The smallest absolute Gasteiger partial charge is 0.255 e. The molecule has 3 amide bonds. The van der Waals surface area contributed by atoms with Crippen LogP contribution in [0.5, 0.6) is 5.75 Å². The first-order valence-corrected chi connectivity index (χ1v) is 14.6. The molecule has 5 rings (SSSR count). The first kappa shape index (κ1) is 28.0. The molecule has 0 saturated carbocycles. The van der Waals surface area contributed by atoms with E-state index >= 15 is 0 Å². The number of imide groups is 1. The first-order chi connectivity index (χ1) is 19.3. The number of carbonyl (C=O) groups is 3. The van der Waals surface area contributed by atoms with Crippen LogP contribution in [0.25, 0.3) is 0 Å². The Balaban J connectivity index is 1.15. The Morgan fingerprint density at radius 2 is 1.62 bits per heavy atom. The number of hydrogen-bond donors (Lipinski definition) is 2. The van der Waals surface area contributed by atoms with E-state index in [-0.39, 0.29) is 47.3 Å². The molecule has 40 heavy (non-hydrogen) atoms. The van der Waals surface area contributed by atoms with Gasteiger partial charge in [0, 0.05) is 19.6 Å². The molecule has 0 unspecified atom stereocenters. The molecule has 2 saturated heterocycles. The number of rotatable bonds is 9. The van der Waals surface area contributed by atoms with Gasteiger partial charge in [0.15, 0.2) is 0 Å². The summed E-state index contributed by atoms with van der Waals surface area (Å²) in [6.07, 6.45) is 3.80. The Morgan fingerprint density at radius 1 is 1.00 bits per heavy atom. The van der Waals surface area contributed by atoms with Gasteiger partial charge in [0.1, 0.15) is 18.5 Å². The molecular weight excluding hydrogens is 538 g/mol. The Hall–Kier alpha value is -3.58. The highest BCUT2D eigenvalue weighted by Crippen LogP contribution is 2.38. The number of fused-ring (bicyclic) bond motifs is 1. The van der Waals surface area contributed by atoms with E-state index in [0.29, 0.717) is 50.6 Å². The Labute approximate surface area is 232 Å². The molecule has 0 radical (unpaired) electrons. The third-order valence-corrected chi connectivity index (χ3v) is 8.74. The molecule has 11 nitrogen and oxygen atoms in total. The van der Waals surface area contributed by atoms with Gasteiger partial charge in [0.05, 0.1) is 41.2 Å². The lowest BCUT2D eigenvalue weighted by Gasteiger charge is -2.27. The number of nitrogens with one attached hydrogen (secondary N) is 1. The van der Waals surface area contributed by atoms with Crippen molar-refractivity contribution in [2.24, 2.45) is 11.8 Å². The SMILES string of the molecule is O=C(c1ccccc1S(=O)(=O)NC[C@H](O)COc1ccc(N2C(=O)[C@H]3CC=CC[C@@H]3C2=O)cc1)N1CCOCC1. The van der Waals surface area contributed by atoms with E-state index in [1.807, 2.05) is 12.2 Å². The molecule has 3 aliphatic rings. The van der Waals surface area contributed by atoms with Crippen molar-refractivity contribution in [3.05, 3.63) is 66.2 Å². The van der Waals surface area contributed by atoms with Crippen LogP contribution >= 0.6 is 0 Å². The average Bonchev–Trinajstić information content (AvgIpc) is 3.24. The number of sulfonamides is 1. The lowest BCUT2D eigenvalue weighted by atomic mass is 9.85. The number of ether oxygens (including phenoxy) is 2. The monoisotopic (exact) mass is 569 g/mol. The standard InChI is InChI=1S/C28H31N3O8S/c32-20(17-29-40(36,37)25-8-4-3-7-24(25)26(33)30-13-15-38-16-14-30)18-39-21-11-9-19(10-12-21)31-27(34)22-5-1-2-6-23(22)28(31)35/h1-4,7-12,20,22-23,29,32H,5-6,13-18H2/t20-,22-,23-/m0/s1. The second-order valence-corrected chi connectivity index (χ2v) is 11.6. The van der Waals surface area contributed by atoms with Gasteiger partial charge in [-0.3, -0.25) is 19.3 Å². The third kappa shape index (κ3) is 5.80. The number of hydrogen-bond acceptors (Lipinski definition) is 8. The van der Waals surface area contributed by atoms with E-state index in [1.165, 1.54) is 23.1 Å². The number of nitrogens with zero attached hydrogens (tertiary/aromatic N) is 2. The molecule has 0 spiro atoms. The molecule has 2 N–H and O–H groups in total. The van der Waals surface area contributed by atoms with Crippen LogP contribution in [-0.4, -0.2) is 81.7 Å². The molecule has 2 aromatic rings. The number of benzene rings is 2. The fourth-order valence-corrected chi connectivity index (χ4v) is 6.37. The van der Waals surface area contributed by atoms with Gasteiger partial charge < -0.3 is 19.5 Å². The lowest BCUT2D eigenvalue weighted by Crippen LogP contribution is -2.42. The maximum atomic E-state index is 13.0. The van der Waals surface area contributed by atoms with Gasteiger partial charge in [0.2, 0.25) is 21.8 Å². The number of allylic oxidation sites excluding steroid dienone is 2. The highest BCUT2D eigenvalue weighted by Gasteiger charge is 2.47. The zero-order chi connectivity index (χ0) is 28.3. The summed E-state index contributed by atoms with van der Waals surface area (Å²) in [5, 5.41) is 10.4. The lowest BCUT2D eigenvalue weighted by molar-refractivity contribution is -0.122. The maximum absolute atomic E-state index is 13.0. The Bertz CT molecular complexity index is 1380. The number of aliphatic hydroxyl groups excluding tert-OH is 1. The van der Waals surface area contributed by atoms with E-state index in [4.69, 9.17) is 9.47 Å². The topological polar surface area (TPSA) is 143 Å². The predicted octanol–water partition coefficient (Wildman–Crippen LogP) is 1.33. The minimum Gasteiger partial charge on any atom is -0.491 e. The van der Waals surface area contributed by atoms with E-state index in [0.717, 1.165) is 0 Å². The number of aliphatic hydroxyl groups is 1. The quantitative estimate of drug-likeness (QED) is 0.340. The summed E-state index contributed by atoms with van der Waals surface area (Å²) in [7, 11) is -4.11. The summed E-state index contributed by atoms with van der Waals surface area (Å²) in [6, 6.07) is 12.3. The summed E-state index contributed by atoms with van der Waals surface area (Å²) in [5.41, 5.74) is 0.503. The van der Waals surface area contributed by atoms with E-state index < -0.39 is 22.0 Å². The summed E-state index contributed by atoms with van der Waals surface area (Å²) < 4.78 is 39.2. The first-order valence-electron chi connectivity index (χ1n) is 13.2. The van der Waals surface area contributed by atoms with Gasteiger partial charge in [-0.1, -0.05) is 24.3 Å². The predicted molar refractivity (Wildman–Crippen MR) is 144 cm³/mol. The van der Waals surface area contributed by atoms with Crippen LogP contribution in [0, 0.1) is 11.8 Å². The zero-order valence-electron chi connectivity index (χ0n) is 21.8. The van der Waals surface area contributed by atoms with E-state index in [2.05, 4.69) is 4.72 Å². The minimum absolute atomic E-state index is 0.0493. The maximum Gasteiger partial charge on any atom is 0.255 e. The molecule has 12 heteroatoms. The Kier molecular flexibility index (Phi) is 8.31. The van der Waals surface area contributed by atoms with Crippen LogP contribution in [-0.2, 0) is 24.3 Å². The van der Waals surface area contributed by atoms with Crippen LogP contribution in [0.4, 0.5) is 5.69 Å². The summed E-state index contributed by atoms with van der Waals surface area (Å²) >= 11 is 0. The van der Waals surface area contributed by atoms with Gasteiger partial charge in [-0.25, -0.2) is 13.1 Å². The largest absolute Gasteiger partial charge is 0.491 e. The summed E-state index contributed by atoms with van der Waals surface area (Å²) in [4.78, 5) is 41.1. The molecule has 0 bridgehead atoms. The molecule has 2 aliphatic heterocycles. The molecule has 2 fully saturated rings. The minimum atomic E-state index is -4.11. The second-order valence-electron chi connectivity index (χ2n) is 9.88. The van der Waals surface area contributed by atoms with Crippen molar-refractivity contribution in [3.63, 3.8) is 0 Å². The van der Waals surface area contributed by atoms with Crippen LogP contribution < -0.4 is 14.4 Å². The summed E-state index contributed by atoms with van der Waals surface area (Å²) in [5.74, 6) is -1.07. The highest BCUT2D eigenvalue weighted by atomic mass is 32.2. The van der Waals surface area contributed by atoms with Gasteiger partial charge in [-0.2, -0.15) is 0 Å². The number of morpholine rings is 1. The van der Waals surface area contributed by atoms with Crippen molar-refractivity contribution >= 4 is 33.4 Å². The van der Waals surface area contributed by atoms with Gasteiger partial charge in [0.25, 0.3) is 5.91 Å². The van der Waals surface area contributed by atoms with Crippen molar-refractivity contribution in [3.8, 4) is 5.75 Å². The zero-order valence-corrected chi connectivity index (χ0v) is 22.6. The van der Waals surface area contributed by atoms with E-state index in [9.17, 15) is 27.9 Å². The van der Waals surface area contributed by atoms with E-state index in [1.54, 1.807) is 35.2 Å². The fraction of sp³-hybridized carbons (Fsp3) is 0.393. The van der Waals surface area contributed by atoms with Gasteiger partial charge in [-0.05, 0) is 49.2 Å². The second kappa shape index (κ2) is 11.9. The molecular formula is C28H31N3O8S. The third-order valence-electron chi connectivity index (χ3n) is 7.26. The van der Waals surface area contributed by atoms with Crippen LogP contribution in [0.15, 0.2) is 65.6 Å². The number of anilines is 1. The fourth-order valence-electron chi connectivity index (χ4n) is 5.10. The normalized spacial score (nSPS) is 21.8. The van der Waals surface area contributed by atoms with Crippen molar-refractivity contribution in [1.29, 1.82) is 0 Å². The number of carbonyl (C=O) groups excluding carboxylic acids is 3. The van der Waals surface area contributed by atoms with Gasteiger partial charge >= 0.3 is 0 Å². The Morgan fingerprint density at radius 3 is 2.27 bits per heavy atom. The molecule has 0 aromatic heterocycles. The van der Waals surface area contributed by atoms with Crippen molar-refractivity contribution < 1.29 is 37.4 Å². The van der Waals surface area contributed by atoms with Crippen molar-refractivity contribution in [2.45, 2.75) is 23.8 Å². The molecule has 3 atom stereocenters. The average molecular weight is 570 g/mol. The van der Waals surface area contributed by atoms with Crippen LogP contribution in [0.3, 0.4) is 0 Å². The number of amides is 3. The van der Waals surface area contributed by atoms with Gasteiger partial charge in [-0.15, -0.1) is 0 Å². The molecule has 1 aliphatic carbocycles. The van der Waals surface area contributed by atoms with Crippen molar-refractivity contribution in [2.75, 3.05) is 44.4 Å². The van der Waals surface area contributed by atoms with Crippen molar-refractivity contribution in [1.82, 2.24) is 9.62 Å². The van der Waals surface area contributed by atoms with Crippen LogP contribution in [0.2, 0.25) is 0 Å². The highest BCUT2D eigenvalue weighted by molar-refractivity contribution is 7.89. The molecule has 2 aromatic carbocycles. The van der Waals surface area contributed by atoms with Crippen LogP contribution in [0.1, 0.15) is 23.2 Å².